The molecule has 0 saturated heterocycles. The smallest absolute Gasteiger partial charge is 0.248 e. The molecule has 1 amide bonds. The molecule has 0 aliphatic heterocycles. The van der Waals surface area contributed by atoms with E-state index in [2.05, 4.69) is 15.4 Å². The van der Waals surface area contributed by atoms with E-state index < -0.39 is 11.9 Å². The number of aryl methyl sites for hydroxylation is 1. The van der Waals surface area contributed by atoms with Gasteiger partial charge in [0.05, 0.1) is 0 Å². The highest BCUT2D eigenvalue weighted by Gasteiger charge is 2.23. The number of rotatable bonds is 4. The number of carbonyl (C=O) groups is 1. The lowest BCUT2D eigenvalue weighted by atomic mass is 10.1. The number of nitrogens with zero attached hydrogens (tertiary/aromatic N) is 4. The quantitative estimate of drug-likeness (QED) is 0.793. The number of hydrogen-bond acceptors (Lipinski definition) is 4. The zero-order valence-electron chi connectivity index (χ0n) is 12.0. The summed E-state index contributed by atoms with van der Waals surface area (Å²) in [6, 6.07) is 16.2. The van der Waals surface area contributed by atoms with Gasteiger partial charge in [-0.15, -0.1) is 15.0 Å². The third kappa shape index (κ3) is 2.71. The molecule has 0 aliphatic rings. The van der Waals surface area contributed by atoms with Gasteiger partial charge in [0, 0.05) is 5.56 Å². The number of amides is 1. The molecule has 1 heterocycles. The molecule has 6 nitrogen and oxygen atoms in total. The van der Waals surface area contributed by atoms with E-state index >= 15 is 0 Å². The maximum atomic E-state index is 11.8. The van der Waals surface area contributed by atoms with Crippen molar-refractivity contribution in [2.45, 2.75) is 13.0 Å². The first kappa shape index (κ1) is 13.9. The van der Waals surface area contributed by atoms with Crippen molar-refractivity contribution in [1.82, 2.24) is 20.2 Å². The Balaban J connectivity index is 1.97. The number of aromatic nitrogens is 4. The van der Waals surface area contributed by atoms with Crippen LogP contribution in [-0.2, 0) is 4.79 Å². The monoisotopic (exact) mass is 293 g/mol. The van der Waals surface area contributed by atoms with Gasteiger partial charge in [0.1, 0.15) is 0 Å². The summed E-state index contributed by atoms with van der Waals surface area (Å²) in [6.07, 6.45) is 0. The Bertz CT molecular complexity index is 780. The first-order valence-electron chi connectivity index (χ1n) is 6.86. The van der Waals surface area contributed by atoms with Gasteiger partial charge in [-0.3, -0.25) is 4.79 Å². The first-order chi connectivity index (χ1) is 10.6. The average molecular weight is 293 g/mol. The van der Waals surface area contributed by atoms with Crippen LogP contribution >= 0.6 is 0 Å². The molecule has 2 N–H and O–H groups in total. The molecule has 3 aromatic rings. The lowest BCUT2D eigenvalue weighted by Gasteiger charge is -2.11. The number of tetrazole rings is 1. The molecular formula is C16H15N5O. The molecule has 0 aliphatic carbocycles. The van der Waals surface area contributed by atoms with Gasteiger partial charge in [0.25, 0.3) is 0 Å². The van der Waals surface area contributed by atoms with E-state index in [9.17, 15) is 4.79 Å². The van der Waals surface area contributed by atoms with Crippen molar-refractivity contribution >= 4 is 5.91 Å². The first-order valence-corrected chi connectivity index (χ1v) is 6.86. The van der Waals surface area contributed by atoms with Crippen molar-refractivity contribution in [3.05, 3.63) is 65.7 Å². The van der Waals surface area contributed by atoms with Crippen molar-refractivity contribution in [2.75, 3.05) is 0 Å². The lowest BCUT2D eigenvalue weighted by molar-refractivity contribution is -0.120. The second kappa shape index (κ2) is 5.77. The Labute approximate surface area is 127 Å². The SMILES string of the molecule is Cc1ccc(-c2nnn([C@H](C(N)=O)c3ccccc3)n2)cc1. The molecule has 0 radical (unpaired) electrons. The average Bonchev–Trinajstić information content (AvgIpc) is 2.98. The highest BCUT2D eigenvalue weighted by atomic mass is 16.1. The highest BCUT2D eigenvalue weighted by molar-refractivity contribution is 5.81. The number of nitrogens with two attached hydrogens (primary N) is 1. The largest absolute Gasteiger partial charge is 0.367 e. The minimum absolute atomic E-state index is 0.460. The summed E-state index contributed by atoms with van der Waals surface area (Å²) >= 11 is 0. The Hall–Kier alpha value is -3.02. The van der Waals surface area contributed by atoms with Crippen molar-refractivity contribution in [3.63, 3.8) is 0 Å². The Kier molecular flexibility index (Phi) is 3.65. The Morgan fingerprint density at radius 1 is 1.09 bits per heavy atom. The number of carbonyl (C=O) groups excluding carboxylic acids is 1. The van der Waals surface area contributed by atoms with Crippen LogP contribution in [0.1, 0.15) is 17.2 Å². The van der Waals surface area contributed by atoms with Crippen LogP contribution in [0.25, 0.3) is 11.4 Å². The van der Waals surface area contributed by atoms with E-state index in [1.54, 1.807) is 0 Å². The van der Waals surface area contributed by atoms with Gasteiger partial charge in [-0.05, 0) is 17.7 Å². The van der Waals surface area contributed by atoms with Crippen LogP contribution in [0, 0.1) is 6.92 Å². The Morgan fingerprint density at radius 2 is 1.77 bits per heavy atom. The predicted octanol–water partition coefficient (Wildman–Crippen LogP) is 1.72. The topological polar surface area (TPSA) is 86.7 Å². The molecule has 0 spiro atoms. The lowest BCUT2D eigenvalue weighted by Crippen LogP contribution is -2.29. The molecule has 3 rings (SSSR count). The molecule has 6 heteroatoms. The molecular weight excluding hydrogens is 278 g/mol. The number of benzene rings is 2. The Morgan fingerprint density at radius 3 is 2.41 bits per heavy atom. The van der Waals surface area contributed by atoms with Gasteiger partial charge < -0.3 is 5.73 Å². The second-order valence-corrected chi connectivity index (χ2v) is 5.02. The maximum absolute atomic E-state index is 11.8. The third-order valence-electron chi connectivity index (χ3n) is 3.35. The molecule has 1 aromatic heterocycles. The van der Waals surface area contributed by atoms with E-state index in [0.717, 1.165) is 16.7 Å². The zero-order valence-corrected chi connectivity index (χ0v) is 12.0. The van der Waals surface area contributed by atoms with Gasteiger partial charge in [0.2, 0.25) is 11.7 Å². The summed E-state index contributed by atoms with van der Waals surface area (Å²) in [5.74, 6) is -0.0683. The van der Waals surface area contributed by atoms with Gasteiger partial charge in [-0.25, -0.2) is 0 Å². The standard InChI is InChI=1S/C16H15N5O/c1-11-7-9-13(10-8-11)16-18-20-21(19-16)14(15(17)22)12-5-3-2-4-6-12/h2-10,14H,1H3,(H2,17,22)/t14-/m0/s1. The molecule has 110 valence electrons. The van der Waals surface area contributed by atoms with E-state index in [1.807, 2.05) is 61.5 Å². The summed E-state index contributed by atoms with van der Waals surface area (Å²) in [6.45, 7) is 2.01. The van der Waals surface area contributed by atoms with Crippen LogP contribution in [0.3, 0.4) is 0 Å². The molecule has 0 fully saturated rings. The van der Waals surface area contributed by atoms with Gasteiger partial charge in [0.15, 0.2) is 6.04 Å². The third-order valence-corrected chi connectivity index (χ3v) is 3.35. The van der Waals surface area contributed by atoms with Crippen LogP contribution in [-0.4, -0.2) is 26.1 Å². The molecule has 0 saturated carbocycles. The summed E-state index contributed by atoms with van der Waals surface area (Å²) < 4.78 is 0. The molecule has 2 aromatic carbocycles. The fourth-order valence-electron chi connectivity index (χ4n) is 2.20. The maximum Gasteiger partial charge on any atom is 0.248 e. The zero-order chi connectivity index (χ0) is 15.5. The minimum Gasteiger partial charge on any atom is -0.367 e. The van der Waals surface area contributed by atoms with Crippen LogP contribution < -0.4 is 5.73 Å². The normalized spacial score (nSPS) is 12.0. The fourth-order valence-corrected chi connectivity index (χ4v) is 2.20. The van der Waals surface area contributed by atoms with Crippen molar-refractivity contribution in [2.24, 2.45) is 5.73 Å². The van der Waals surface area contributed by atoms with E-state index in [4.69, 9.17) is 5.73 Å². The van der Waals surface area contributed by atoms with Crippen LogP contribution in [0.5, 0.6) is 0 Å². The van der Waals surface area contributed by atoms with Crippen molar-refractivity contribution in [3.8, 4) is 11.4 Å². The predicted molar refractivity (Wildman–Crippen MR) is 81.8 cm³/mol. The minimum atomic E-state index is -0.770. The van der Waals surface area contributed by atoms with Crippen molar-refractivity contribution < 1.29 is 4.79 Å². The summed E-state index contributed by atoms with van der Waals surface area (Å²) in [4.78, 5) is 13.0. The summed E-state index contributed by atoms with van der Waals surface area (Å²) in [7, 11) is 0. The van der Waals surface area contributed by atoms with Crippen LogP contribution in [0.15, 0.2) is 54.6 Å². The fraction of sp³-hybridized carbons (Fsp3) is 0.125. The summed E-state index contributed by atoms with van der Waals surface area (Å²) in [5.41, 5.74) is 8.22. The number of hydrogen-bond donors (Lipinski definition) is 1. The molecule has 0 bridgehead atoms. The summed E-state index contributed by atoms with van der Waals surface area (Å²) in [5, 5.41) is 12.3. The van der Waals surface area contributed by atoms with Crippen LogP contribution in [0.4, 0.5) is 0 Å². The van der Waals surface area contributed by atoms with Gasteiger partial charge in [-0.2, -0.15) is 0 Å². The van der Waals surface area contributed by atoms with Gasteiger partial charge >= 0.3 is 0 Å². The molecule has 22 heavy (non-hydrogen) atoms. The van der Waals surface area contributed by atoms with Gasteiger partial charge in [-0.1, -0.05) is 60.2 Å². The second-order valence-electron chi connectivity index (χ2n) is 5.02. The number of primary amides is 1. The highest BCUT2D eigenvalue weighted by Crippen LogP contribution is 2.19. The molecule has 0 unspecified atom stereocenters. The van der Waals surface area contributed by atoms with Crippen LogP contribution in [0.2, 0.25) is 0 Å². The van der Waals surface area contributed by atoms with E-state index in [-0.39, 0.29) is 0 Å². The molecule has 1 atom stereocenters. The van der Waals surface area contributed by atoms with E-state index in [1.165, 1.54) is 4.80 Å². The van der Waals surface area contributed by atoms with Crippen molar-refractivity contribution in [1.29, 1.82) is 0 Å². The van der Waals surface area contributed by atoms with E-state index in [0.29, 0.717) is 5.82 Å².